The second-order valence-corrected chi connectivity index (χ2v) is 7.33. The van der Waals surface area contributed by atoms with Crippen molar-refractivity contribution >= 4 is 13.8 Å². The first kappa shape index (κ1) is 16.5. The number of aromatic nitrogens is 1. The number of amides is 1. The van der Waals surface area contributed by atoms with E-state index in [0.717, 1.165) is 31.4 Å². The minimum atomic E-state index is -0.547. The molecule has 1 aromatic rings. The van der Waals surface area contributed by atoms with E-state index in [9.17, 15) is 4.79 Å². The third-order valence-electron chi connectivity index (χ3n) is 5.42. The standard InChI is InChI=1S/C19H27BN2O/c20-19(11-6-2-1-3-7-12-19)22-18(23)16-10-13-21-17(14-16)15-8-4-5-9-15/h10,13-15H,1-9,11-12H2,(H,22,23). The third-order valence-corrected chi connectivity index (χ3v) is 5.42. The van der Waals surface area contributed by atoms with Gasteiger partial charge in [-0.15, -0.1) is 0 Å². The van der Waals surface area contributed by atoms with Crippen LogP contribution >= 0.6 is 0 Å². The van der Waals surface area contributed by atoms with E-state index < -0.39 is 5.44 Å². The summed E-state index contributed by atoms with van der Waals surface area (Å²) in [5, 5.41) is 3.11. The van der Waals surface area contributed by atoms with Gasteiger partial charge in [0.05, 0.1) is 0 Å². The van der Waals surface area contributed by atoms with Crippen LogP contribution in [0.5, 0.6) is 0 Å². The Morgan fingerprint density at radius 2 is 1.74 bits per heavy atom. The molecule has 2 aliphatic carbocycles. The van der Waals surface area contributed by atoms with Crippen LogP contribution in [0, 0.1) is 0 Å². The van der Waals surface area contributed by atoms with E-state index in [1.165, 1.54) is 44.9 Å². The van der Waals surface area contributed by atoms with E-state index >= 15 is 0 Å². The van der Waals surface area contributed by atoms with Crippen molar-refractivity contribution in [3.63, 3.8) is 0 Å². The molecule has 0 spiro atoms. The minimum Gasteiger partial charge on any atom is -0.355 e. The van der Waals surface area contributed by atoms with Gasteiger partial charge in [0.15, 0.2) is 0 Å². The molecular formula is C19H27BN2O. The fourth-order valence-electron chi connectivity index (χ4n) is 3.99. The van der Waals surface area contributed by atoms with Crippen molar-refractivity contribution in [3.05, 3.63) is 29.6 Å². The van der Waals surface area contributed by atoms with Crippen molar-refractivity contribution in [3.8, 4) is 0 Å². The van der Waals surface area contributed by atoms with Crippen molar-refractivity contribution in [2.45, 2.75) is 82.0 Å². The number of hydrogen-bond acceptors (Lipinski definition) is 2. The van der Waals surface area contributed by atoms with Crippen LogP contribution in [0.1, 0.15) is 92.6 Å². The molecule has 0 atom stereocenters. The fourth-order valence-corrected chi connectivity index (χ4v) is 3.99. The van der Waals surface area contributed by atoms with Crippen molar-refractivity contribution in [2.24, 2.45) is 0 Å². The van der Waals surface area contributed by atoms with Crippen LogP contribution in [-0.4, -0.2) is 24.2 Å². The summed E-state index contributed by atoms with van der Waals surface area (Å²) in [6.45, 7) is 0. The highest BCUT2D eigenvalue weighted by molar-refractivity contribution is 6.17. The first-order chi connectivity index (χ1) is 11.2. The number of pyridine rings is 1. The van der Waals surface area contributed by atoms with Gasteiger partial charge in [-0.25, -0.2) is 0 Å². The van der Waals surface area contributed by atoms with Gasteiger partial charge in [0.2, 0.25) is 0 Å². The molecule has 23 heavy (non-hydrogen) atoms. The number of nitrogens with one attached hydrogen (secondary N) is 1. The quantitative estimate of drug-likeness (QED) is 0.855. The smallest absolute Gasteiger partial charge is 0.251 e. The number of carbonyl (C=O) groups excluding carboxylic acids is 1. The second kappa shape index (κ2) is 7.50. The summed E-state index contributed by atoms with van der Waals surface area (Å²) in [5.41, 5.74) is 1.22. The predicted molar refractivity (Wildman–Crippen MR) is 93.7 cm³/mol. The molecule has 0 aliphatic heterocycles. The van der Waals surface area contributed by atoms with Gasteiger partial charge in [0, 0.05) is 28.8 Å². The van der Waals surface area contributed by atoms with Crippen LogP contribution in [0.25, 0.3) is 0 Å². The van der Waals surface area contributed by atoms with Gasteiger partial charge < -0.3 is 5.32 Å². The molecule has 2 fully saturated rings. The lowest BCUT2D eigenvalue weighted by Crippen LogP contribution is -2.49. The molecule has 0 unspecified atom stereocenters. The summed E-state index contributed by atoms with van der Waals surface area (Å²) in [6.07, 6.45) is 14.4. The van der Waals surface area contributed by atoms with E-state index in [0.29, 0.717) is 11.5 Å². The van der Waals surface area contributed by atoms with Gasteiger partial charge in [-0.05, 0) is 37.8 Å². The number of hydrogen-bond donors (Lipinski definition) is 1. The zero-order valence-corrected chi connectivity index (χ0v) is 14.0. The normalized spacial score (nSPS) is 22.3. The monoisotopic (exact) mass is 310 g/mol. The second-order valence-electron chi connectivity index (χ2n) is 7.33. The van der Waals surface area contributed by atoms with Crippen LogP contribution in [0.2, 0.25) is 0 Å². The lowest BCUT2D eigenvalue weighted by Gasteiger charge is -2.33. The average Bonchev–Trinajstić information content (AvgIpc) is 3.06. The highest BCUT2D eigenvalue weighted by Crippen LogP contribution is 2.33. The molecule has 3 rings (SSSR count). The van der Waals surface area contributed by atoms with Gasteiger partial charge in [-0.2, -0.15) is 0 Å². The van der Waals surface area contributed by atoms with Crippen LogP contribution in [0.4, 0.5) is 0 Å². The lowest BCUT2D eigenvalue weighted by atomic mass is 9.69. The summed E-state index contributed by atoms with van der Waals surface area (Å²) in [4.78, 5) is 17.1. The Hall–Kier alpha value is -1.32. The average molecular weight is 310 g/mol. The molecule has 0 bridgehead atoms. The Kier molecular flexibility index (Phi) is 5.40. The molecule has 2 radical (unpaired) electrons. The van der Waals surface area contributed by atoms with Crippen LogP contribution in [0.15, 0.2) is 18.3 Å². The molecule has 1 aromatic heterocycles. The fraction of sp³-hybridized carbons (Fsp3) is 0.684. The van der Waals surface area contributed by atoms with Gasteiger partial charge in [-0.1, -0.05) is 44.9 Å². The molecule has 2 aliphatic rings. The van der Waals surface area contributed by atoms with E-state index in [4.69, 9.17) is 7.85 Å². The molecule has 122 valence electrons. The Morgan fingerprint density at radius 3 is 2.43 bits per heavy atom. The molecule has 1 amide bonds. The van der Waals surface area contributed by atoms with Gasteiger partial charge in [0.25, 0.3) is 5.91 Å². The number of nitrogens with zero attached hydrogens (tertiary/aromatic N) is 1. The van der Waals surface area contributed by atoms with Gasteiger partial charge in [0.1, 0.15) is 7.85 Å². The number of carbonyl (C=O) groups is 1. The number of rotatable bonds is 3. The van der Waals surface area contributed by atoms with E-state index in [-0.39, 0.29) is 5.91 Å². The van der Waals surface area contributed by atoms with Gasteiger partial charge >= 0.3 is 0 Å². The Balaban J connectivity index is 1.68. The summed E-state index contributed by atoms with van der Waals surface area (Å²) >= 11 is 0. The van der Waals surface area contributed by atoms with Crippen LogP contribution in [0.3, 0.4) is 0 Å². The van der Waals surface area contributed by atoms with E-state index in [1.807, 2.05) is 6.07 Å². The zero-order valence-electron chi connectivity index (χ0n) is 14.0. The topological polar surface area (TPSA) is 42.0 Å². The highest BCUT2D eigenvalue weighted by atomic mass is 16.1. The Bertz CT molecular complexity index is 532. The first-order valence-electron chi connectivity index (χ1n) is 9.24. The molecule has 1 N–H and O–H groups in total. The van der Waals surface area contributed by atoms with E-state index in [1.54, 1.807) is 12.3 Å². The summed E-state index contributed by atoms with van der Waals surface area (Å²) in [6, 6.07) is 3.78. The van der Waals surface area contributed by atoms with Crippen LogP contribution in [-0.2, 0) is 0 Å². The largest absolute Gasteiger partial charge is 0.355 e. The molecule has 1 heterocycles. The molecule has 4 heteroatoms. The maximum atomic E-state index is 12.7. The predicted octanol–water partition coefficient (Wildman–Crippen LogP) is 4.08. The van der Waals surface area contributed by atoms with Crippen molar-refractivity contribution < 1.29 is 4.79 Å². The SMILES string of the molecule is [B]C1(NC(=O)c2ccnc(C3CCCC3)c2)CCCCCCC1. The third kappa shape index (κ3) is 4.36. The molecule has 0 aromatic carbocycles. The Labute approximate surface area is 141 Å². The zero-order chi connectivity index (χ0) is 16.1. The molecular weight excluding hydrogens is 283 g/mol. The van der Waals surface area contributed by atoms with Crippen molar-refractivity contribution in [2.75, 3.05) is 0 Å². The summed E-state index contributed by atoms with van der Waals surface area (Å²) in [5.74, 6) is 0.478. The van der Waals surface area contributed by atoms with Crippen molar-refractivity contribution in [1.82, 2.24) is 10.3 Å². The minimum absolute atomic E-state index is 0.0466. The lowest BCUT2D eigenvalue weighted by molar-refractivity contribution is 0.0917. The Morgan fingerprint density at radius 1 is 1.09 bits per heavy atom. The van der Waals surface area contributed by atoms with Crippen LogP contribution < -0.4 is 5.32 Å². The maximum Gasteiger partial charge on any atom is 0.251 e. The summed E-state index contributed by atoms with van der Waals surface area (Å²) in [7, 11) is 6.48. The molecule has 2 saturated carbocycles. The van der Waals surface area contributed by atoms with Crippen molar-refractivity contribution in [1.29, 1.82) is 0 Å². The molecule has 3 nitrogen and oxygen atoms in total. The van der Waals surface area contributed by atoms with Gasteiger partial charge in [-0.3, -0.25) is 9.78 Å². The molecule has 0 saturated heterocycles. The first-order valence-corrected chi connectivity index (χ1v) is 9.24. The summed E-state index contributed by atoms with van der Waals surface area (Å²) < 4.78 is 0. The maximum absolute atomic E-state index is 12.7. The van der Waals surface area contributed by atoms with E-state index in [2.05, 4.69) is 10.3 Å². The highest BCUT2D eigenvalue weighted by Gasteiger charge is 2.27.